The highest BCUT2D eigenvalue weighted by molar-refractivity contribution is 5.83. The largest absolute Gasteiger partial charge is 0.396 e. The van der Waals surface area contributed by atoms with Gasteiger partial charge in [0.15, 0.2) is 0 Å². The van der Waals surface area contributed by atoms with Crippen molar-refractivity contribution in [2.75, 3.05) is 40.1 Å². The van der Waals surface area contributed by atoms with Gasteiger partial charge in [-0.25, -0.2) is 0 Å². The van der Waals surface area contributed by atoms with Crippen molar-refractivity contribution in [1.82, 2.24) is 5.32 Å². The number of hydrogen-bond donors (Lipinski definition) is 3. The van der Waals surface area contributed by atoms with Crippen LogP contribution >= 0.6 is 0 Å². The van der Waals surface area contributed by atoms with Crippen molar-refractivity contribution in [2.45, 2.75) is 25.3 Å². The second kappa shape index (κ2) is 7.68. The van der Waals surface area contributed by atoms with Crippen molar-refractivity contribution in [3.63, 3.8) is 0 Å². The fraction of sp³-hybridized carbons (Fsp3) is 0.917. The minimum absolute atomic E-state index is 0.0209. The molecule has 1 rings (SSSR count). The molecule has 0 aromatic rings. The van der Waals surface area contributed by atoms with Gasteiger partial charge in [0.2, 0.25) is 5.91 Å². The Morgan fingerprint density at radius 1 is 1.56 bits per heavy atom. The Morgan fingerprint density at radius 2 is 2.22 bits per heavy atom. The highest BCUT2D eigenvalue weighted by atomic mass is 16.5. The zero-order valence-corrected chi connectivity index (χ0v) is 11.0. The van der Waals surface area contributed by atoms with E-state index in [0.29, 0.717) is 45.6 Å². The molecule has 6 nitrogen and oxygen atoms in total. The summed E-state index contributed by atoms with van der Waals surface area (Å²) in [7, 11) is 1.57. The quantitative estimate of drug-likeness (QED) is 0.560. The second-order valence-corrected chi connectivity index (χ2v) is 4.73. The van der Waals surface area contributed by atoms with Gasteiger partial charge < -0.3 is 25.6 Å². The van der Waals surface area contributed by atoms with Crippen molar-refractivity contribution >= 4 is 5.91 Å². The van der Waals surface area contributed by atoms with Crippen LogP contribution in [-0.2, 0) is 14.3 Å². The summed E-state index contributed by atoms with van der Waals surface area (Å²) in [6.07, 6.45) is 1.78. The maximum absolute atomic E-state index is 12.3. The number of ether oxygens (including phenoxy) is 2. The van der Waals surface area contributed by atoms with Gasteiger partial charge in [-0.1, -0.05) is 0 Å². The van der Waals surface area contributed by atoms with Crippen molar-refractivity contribution in [2.24, 2.45) is 11.1 Å². The monoisotopic (exact) mass is 260 g/mol. The fourth-order valence-electron chi connectivity index (χ4n) is 2.18. The van der Waals surface area contributed by atoms with Crippen molar-refractivity contribution < 1.29 is 19.4 Å². The van der Waals surface area contributed by atoms with Gasteiger partial charge in [-0.05, 0) is 19.3 Å². The summed E-state index contributed by atoms with van der Waals surface area (Å²) in [5, 5.41) is 11.9. The first-order valence-corrected chi connectivity index (χ1v) is 6.37. The van der Waals surface area contributed by atoms with E-state index in [9.17, 15) is 4.79 Å². The molecule has 1 atom stereocenters. The Bertz CT molecular complexity index is 248. The highest BCUT2D eigenvalue weighted by Gasteiger charge is 2.39. The van der Waals surface area contributed by atoms with E-state index < -0.39 is 5.41 Å². The molecule has 1 fully saturated rings. The number of nitrogens with one attached hydrogen (secondary N) is 1. The fourth-order valence-corrected chi connectivity index (χ4v) is 2.18. The molecule has 18 heavy (non-hydrogen) atoms. The maximum Gasteiger partial charge on any atom is 0.227 e. The molecule has 1 heterocycles. The standard InChI is InChI=1S/C12H24N2O4/c1-17-8-10(2-5-15)14-11(16)12(9-13)3-6-18-7-4-12/h10,15H,2-9,13H2,1H3,(H,14,16). The van der Waals surface area contributed by atoms with Crippen molar-refractivity contribution in [1.29, 1.82) is 0 Å². The number of hydrogen-bond acceptors (Lipinski definition) is 5. The minimum atomic E-state index is -0.528. The lowest BCUT2D eigenvalue weighted by molar-refractivity contribution is -0.137. The molecule has 0 aliphatic carbocycles. The molecule has 0 bridgehead atoms. The minimum Gasteiger partial charge on any atom is -0.396 e. The number of aliphatic hydroxyl groups is 1. The summed E-state index contributed by atoms with van der Waals surface area (Å²) >= 11 is 0. The van der Waals surface area contributed by atoms with Crippen LogP contribution in [0.5, 0.6) is 0 Å². The third-order valence-corrected chi connectivity index (χ3v) is 3.50. The Morgan fingerprint density at radius 3 is 2.72 bits per heavy atom. The topological polar surface area (TPSA) is 93.8 Å². The zero-order valence-electron chi connectivity index (χ0n) is 11.0. The average molecular weight is 260 g/mol. The van der Waals surface area contributed by atoms with Crippen LogP contribution in [0, 0.1) is 5.41 Å². The summed E-state index contributed by atoms with van der Waals surface area (Å²) in [5.41, 5.74) is 5.24. The van der Waals surface area contributed by atoms with Gasteiger partial charge in [-0.15, -0.1) is 0 Å². The highest BCUT2D eigenvalue weighted by Crippen LogP contribution is 2.29. The number of aliphatic hydroxyl groups excluding tert-OH is 1. The number of rotatable bonds is 7. The molecule has 0 saturated carbocycles. The van der Waals surface area contributed by atoms with Crippen LogP contribution in [0.4, 0.5) is 0 Å². The van der Waals surface area contributed by atoms with Crippen LogP contribution in [0.3, 0.4) is 0 Å². The molecule has 1 aliphatic heterocycles. The third-order valence-electron chi connectivity index (χ3n) is 3.50. The van der Waals surface area contributed by atoms with E-state index in [-0.39, 0.29) is 18.6 Å². The lowest BCUT2D eigenvalue weighted by atomic mass is 9.79. The Kier molecular flexibility index (Phi) is 6.56. The smallest absolute Gasteiger partial charge is 0.227 e. The van der Waals surface area contributed by atoms with Gasteiger partial charge in [-0.2, -0.15) is 0 Å². The van der Waals surface area contributed by atoms with Crippen molar-refractivity contribution in [3.05, 3.63) is 0 Å². The molecular weight excluding hydrogens is 236 g/mol. The lowest BCUT2D eigenvalue weighted by Gasteiger charge is -2.35. The molecule has 0 aromatic heterocycles. The molecule has 1 saturated heterocycles. The lowest BCUT2D eigenvalue weighted by Crippen LogP contribution is -2.52. The molecule has 4 N–H and O–H groups in total. The maximum atomic E-state index is 12.3. The summed E-state index contributed by atoms with van der Waals surface area (Å²) < 4.78 is 10.3. The normalized spacial score (nSPS) is 20.4. The summed E-state index contributed by atoms with van der Waals surface area (Å²) in [6.45, 7) is 1.87. The Labute approximate surface area is 108 Å². The first kappa shape index (κ1) is 15.4. The Balaban J connectivity index is 2.59. The predicted octanol–water partition coefficient (Wildman–Crippen LogP) is -0.744. The van der Waals surface area contributed by atoms with Gasteiger partial charge in [0.05, 0.1) is 18.1 Å². The molecule has 1 amide bonds. The predicted molar refractivity (Wildman–Crippen MR) is 67.0 cm³/mol. The van der Waals surface area contributed by atoms with E-state index in [0.717, 1.165) is 0 Å². The molecule has 1 aliphatic rings. The van der Waals surface area contributed by atoms with Crippen LogP contribution in [0.1, 0.15) is 19.3 Å². The summed E-state index contributed by atoms with van der Waals surface area (Å²) in [4.78, 5) is 12.3. The van der Waals surface area contributed by atoms with E-state index in [1.807, 2.05) is 0 Å². The second-order valence-electron chi connectivity index (χ2n) is 4.73. The molecule has 1 unspecified atom stereocenters. The van der Waals surface area contributed by atoms with E-state index >= 15 is 0 Å². The van der Waals surface area contributed by atoms with E-state index in [4.69, 9.17) is 20.3 Å². The SMILES string of the molecule is COCC(CCO)NC(=O)C1(CN)CCOCC1. The number of carbonyl (C=O) groups excluding carboxylic acids is 1. The molecule has 6 heteroatoms. The molecule has 106 valence electrons. The molecule has 0 aromatic carbocycles. The summed E-state index contributed by atoms with van der Waals surface area (Å²) in [6, 6.07) is -0.168. The first-order chi connectivity index (χ1) is 8.68. The van der Waals surface area contributed by atoms with Crippen molar-refractivity contribution in [3.8, 4) is 0 Å². The number of amides is 1. The van der Waals surface area contributed by atoms with Gasteiger partial charge in [-0.3, -0.25) is 4.79 Å². The zero-order chi connectivity index (χ0) is 13.4. The van der Waals surface area contributed by atoms with Gasteiger partial charge >= 0.3 is 0 Å². The van der Waals surface area contributed by atoms with E-state index in [1.165, 1.54) is 0 Å². The number of methoxy groups -OCH3 is 1. The van der Waals surface area contributed by atoms with Gasteiger partial charge in [0.25, 0.3) is 0 Å². The first-order valence-electron chi connectivity index (χ1n) is 6.37. The van der Waals surface area contributed by atoms with Gasteiger partial charge in [0.1, 0.15) is 0 Å². The summed E-state index contributed by atoms with van der Waals surface area (Å²) in [5.74, 6) is -0.0520. The molecular formula is C12H24N2O4. The van der Waals surface area contributed by atoms with Gasteiger partial charge in [0, 0.05) is 33.5 Å². The molecule has 0 spiro atoms. The van der Waals surface area contributed by atoms with Crippen LogP contribution in [0.15, 0.2) is 0 Å². The van der Waals surface area contributed by atoms with Crippen LogP contribution in [0.2, 0.25) is 0 Å². The average Bonchev–Trinajstić information content (AvgIpc) is 2.40. The number of carbonyl (C=O) groups is 1. The van der Waals surface area contributed by atoms with Crippen LogP contribution < -0.4 is 11.1 Å². The molecule has 0 radical (unpaired) electrons. The third kappa shape index (κ3) is 3.91. The van der Waals surface area contributed by atoms with Crippen LogP contribution in [0.25, 0.3) is 0 Å². The Hall–Kier alpha value is -0.690. The van der Waals surface area contributed by atoms with E-state index in [2.05, 4.69) is 5.32 Å². The number of nitrogens with two attached hydrogens (primary N) is 1. The van der Waals surface area contributed by atoms with Crippen LogP contribution in [-0.4, -0.2) is 57.1 Å². The van der Waals surface area contributed by atoms with E-state index in [1.54, 1.807) is 7.11 Å².